The minimum absolute atomic E-state index is 0.157. The van der Waals surface area contributed by atoms with E-state index in [9.17, 15) is 4.79 Å². The molecule has 3 heterocycles. The van der Waals surface area contributed by atoms with E-state index < -0.39 is 0 Å². The van der Waals surface area contributed by atoms with Gasteiger partial charge in [0, 0.05) is 23.4 Å². The Bertz CT molecular complexity index is 1050. The van der Waals surface area contributed by atoms with E-state index in [2.05, 4.69) is 36.5 Å². The van der Waals surface area contributed by atoms with Crippen molar-refractivity contribution < 1.29 is 13.7 Å². The highest BCUT2D eigenvalue weighted by Gasteiger charge is 2.13. The van der Waals surface area contributed by atoms with Crippen molar-refractivity contribution in [2.75, 3.05) is 5.32 Å². The first-order chi connectivity index (χ1) is 13.7. The van der Waals surface area contributed by atoms with Gasteiger partial charge < -0.3 is 14.3 Å². The van der Waals surface area contributed by atoms with Crippen molar-refractivity contribution in [1.82, 2.24) is 19.9 Å². The molecule has 4 rings (SSSR count). The zero-order valence-electron chi connectivity index (χ0n) is 14.7. The maximum Gasteiger partial charge on any atom is 0.238 e. The Balaban J connectivity index is 1.33. The number of carbonyl (C=O) groups excluding carboxylic acids is 1. The quantitative estimate of drug-likeness (QED) is 0.466. The molecular formula is C19H16BrN5O3. The monoisotopic (exact) mass is 441 g/mol. The molecule has 8 nitrogen and oxygen atoms in total. The molecule has 0 spiro atoms. The summed E-state index contributed by atoms with van der Waals surface area (Å²) in [4.78, 5) is 16.5. The fraction of sp³-hybridized carbons (Fsp3) is 0.158. The number of anilines is 1. The van der Waals surface area contributed by atoms with Crippen LogP contribution >= 0.6 is 15.9 Å². The van der Waals surface area contributed by atoms with E-state index in [0.29, 0.717) is 36.3 Å². The van der Waals surface area contributed by atoms with Crippen LogP contribution in [0.25, 0.3) is 11.6 Å². The third-order valence-electron chi connectivity index (χ3n) is 4.01. The van der Waals surface area contributed by atoms with E-state index in [1.54, 1.807) is 29.1 Å². The number of halogens is 1. The zero-order chi connectivity index (χ0) is 19.3. The topological polar surface area (TPSA) is 99.0 Å². The lowest BCUT2D eigenvalue weighted by Gasteiger charge is -2.09. The molecule has 0 unspecified atom stereocenters. The van der Waals surface area contributed by atoms with E-state index in [4.69, 9.17) is 8.94 Å². The molecule has 0 aliphatic rings. The van der Waals surface area contributed by atoms with Crippen LogP contribution in [0.5, 0.6) is 0 Å². The lowest BCUT2D eigenvalue weighted by molar-refractivity contribution is -0.116. The third-order valence-corrected chi connectivity index (χ3v) is 4.53. The van der Waals surface area contributed by atoms with E-state index >= 15 is 0 Å². The third kappa shape index (κ3) is 4.37. The van der Waals surface area contributed by atoms with Gasteiger partial charge in [0.2, 0.25) is 17.6 Å². The van der Waals surface area contributed by atoms with Gasteiger partial charge in [0.15, 0.2) is 5.76 Å². The summed E-state index contributed by atoms with van der Waals surface area (Å²) in [7, 11) is 0. The molecule has 1 aromatic carbocycles. The molecule has 4 aromatic rings. The average molecular weight is 442 g/mol. The molecular weight excluding hydrogens is 426 g/mol. The van der Waals surface area contributed by atoms with Crippen LogP contribution in [0, 0.1) is 0 Å². The number of hydrogen-bond donors (Lipinski definition) is 1. The Morgan fingerprint density at radius 3 is 2.82 bits per heavy atom. The van der Waals surface area contributed by atoms with E-state index in [-0.39, 0.29) is 12.3 Å². The highest BCUT2D eigenvalue weighted by molar-refractivity contribution is 9.10. The molecule has 0 aliphatic heterocycles. The lowest BCUT2D eigenvalue weighted by Crippen LogP contribution is -2.16. The van der Waals surface area contributed by atoms with E-state index in [1.165, 1.54) is 6.26 Å². The largest absolute Gasteiger partial charge is 0.461 e. The molecule has 1 N–H and O–H groups in total. The Kier molecular flexibility index (Phi) is 5.34. The van der Waals surface area contributed by atoms with Crippen molar-refractivity contribution in [3.05, 3.63) is 70.9 Å². The predicted molar refractivity (Wildman–Crippen MR) is 104 cm³/mol. The van der Waals surface area contributed by atoms with Gasteiger partial charge in [-0.3, -0.25) is 4.79 Å². The number of hydrogen-bond acceptors (Lipinski definition) is 6. The summed E-state index contributed by atoms with van der Waals surface area (Å²) in [6, 6.07) is 13.2. The molecule has 0 saturated carbocycles. The molecule has 0 atom stereocenters. The highest BCUT2D eigenvalue weighted by Crippen LogP contribution is 2.17. The molecule has 0 fully saturated rings. The van der Waals surface area contributed by atoms with Crippen LogP contribution in [0.3, 0.4) is 0 Å². The molecule has 0 radical (unpaired) electrons. The highest BCUT2D eigenvalue weighted by atomic mass is 79.9. The van der Waals surface area contributed by atoms with Gasteiger partial charge in [-0.2, -0.15) is 10.1 Å². The number of rotatable bonds is 7. The van der Waals surface area contributed by atoms with Gasteiger partial charge in [0.25, 0.3) is 0 Å². The van der Waals surface area contributed by atoms with Gasteiger partial charge in [-0.15, -0.1) is 0 Å². The average Bonchev–Trinajstić information content (AvgIpc) is 3.44. The summed E-state index contributed by atoms with van der Waals surface area (Å²) < 4.78 is 13.1. The second-order valence-corrected chi connectivity index (χ2v) is 6.95. The first-order valence-corrected chi connectivity index (χ1v) is 9.39. The number of furan rings is 1. The summed E-state index contributed by atoms with van der Waals surface area (Å²) in [5, 5.41) is 11.0. The minimum atomic E-state index is -0.157. The van der Waals surface area contributed by atoms with Gasteiger partial charge in [-0.25, -0.2) is 4.68 Å². The SMILES string of the molecule is O=C(CCc1nc(-c2ccco2)no1)Nc1ccnn1Cc1ccc(Br)cc1. The number of aryl methyl sites for hydroxylation is 1. The molecule has 9 heteroatoms. The van der Waals surface area contributed by atoms with Gasteiger partial charge in [0.05, 0.1) is 19.0 Å². The van der Waals surface area contributed by atoms with Crippen molar-refractivity contribution in [2.24, 2.45) is 0 Å². The number of amides is 1. The van der Waals surface area contributed by atoms with Crippen LogP contribution in [0.1, 0.15) is 17.9 Å². The molecule has 0 aliphatic carbocycles. The standard InChI is InChI=1S/C19H16BrN5O3/c20-14-5-3-13(4-6-14)12-25-16(9-10-21-25)22-17(26)7-8-18-23-19(24-28-18)15-2-1-11-27-15/h1-6,9-11H,7-8,12H2,(H,22,26). The molecule has 0 bridgehead atoms. The molecule has 1 amide bonds. The number of benzene rings is 1. The second-order valence-electron chi connectivity index (χ2n) is 6.04. The first-order valence-electron chi connectivity index (χ1n) is 8.60. The normalized spacial score (nSPS) is 10.9. The first kappa shape index (κ1) is 18.2. The van der Waals surface area contributed by atoms with Crippen molar-refractivity contribution in [2.45, 2.75) is 19.4 Å². The van der Waals surface area contributed by atoms with Crippen LogP contribution in [0.4, 0.5) is 5.82 Å². The van der Waals surface area contributed by atoms with Gasteiger partial charge in [-0.05, 0) is 29.8 Å². The van der Waals surface area contributed by atoms with E-state index in [1.807, 2.05) is 24.3 Å². The summed E-state index contributed by atoms with van der Waals surface area (Å²) >= 11 is 3.42. The zero-order valence-corrected chi connectivity index (χ0v) is 16.3. The van der Waals surface area contributed by atoms with Crippen molar-refractivity contribution >= 4 is 27.7 Å². The van der Waals surface area contributed by atoms with Gasteiger partial charge >= 0.3 is 0 Å². The fourth-order valence-corrected chi connectivity index (χ4v) is 2.88. The van der Waals surface area contributed by atoms with Crippen molar-refractivity contribution in [1.29, 1.82) is 0 Å². The van der Waals surface area contributed by atoms with Crippen molar-refractivity contribution in [3.63, 3.8) is 0 Å². The Labute approximate surface area is 168 Å². The summed E-state index contributed by atoms with van der Waals surface area (Å²) in [6.45, 7) is 0.562. The van der Waals surface area contributed by atoms with Gasteiger partial charge in [0.1, 0.15) is 5.82 Å². The second kappa shape index (κ2) is 8.22. The van der Waals surface area contributed by atoms with Crippen LogP contribution in [0.2, 0.25) is 0 Å². The minimum Gasteiger partial charge on any atom is -0.461 e. The smallest absolute Gasteiger partial charge is 0.238 e. The number of nitrogens with zero attached hydrogens (tertiary/aromatic N) is 4. The van der Waals surface area contributed by atoms with Crippen LogP contribution in [-0.4, -0.2) is 25.8 Å². The maximum absolute atomic E-state index is 12.3. The fourth-order valence-electron chi connectivity index (χ4n) is 2.62. The summed E-state index contributed by atoms with van der Waals surface area (Å²) in [5.74, 6) is 1.75. The van der Waals surface area contributed by atoms with E-state index in [0.717, 1.165) is 10.0 Å². The number of aromatic nitrogens is 4. The Morgan fingerprint density at radius 2 is 2.04 bits per heavy atom. The van der Waals surface area contributed by atoms with Crippen LogP contribution < -0.4 is 5.32 Å². The summed E-state index contributed by atoms with van der Waals surface area (Å²) in [5.41, 5.74) is 1.08. The molecule has 142 valence electrons. The predicted octanol–water partition coefficient (Wildman–Crippen LogP) is 3.91. The number of carbonyl (C=O) groups is 1. The molecule has 3 aromatic heterocycles. The van der Waals surface area contributed by atoms with Crippen LogP contribution in [-0.2, 0) is 17.8 Å². The van der Waals surface area contributed by atoms with Crippen LogP contribution in [0.15, 0.2) is 68.3 Å². The van der Waals surface area contributed by atoms with Gasteiger partial charge in [-0.1, -0.05) is 33.2 Å². The summed E-state index contributed by atoms with van der Waals surface area (Å²) in [6.07, 6.45) is 3.74. The Morgan fingerprint density at radius 1 is 1.18 bits per heavy atom. The molecule has 0 saturated heterocycles. The lowest BCUT2D eigenvalue weighted by atomic mass is 10.2. The maximum atomic E-state index is 12.3. The van der Waals surface area contributed by atoms with Crippen molar-refractivity contribution in [3.8, 4) is 11.6 Å². The number of nitrogens with one attached hydrogen (secondary N) is 1. The molecule has 28 heavy (non-hydrogen) atoms. The Hall–Kier alpha value is -3.20.